The van der Waals surface area contributed by atoms with E-state index in [-0.39, 0.29) is 11.5 Å². The molecule has 284 valence electrons. The maximum Gasteiger partial charge on any atom is 0.121 e. The Bertz CT molecular complexity index is 1560. The number of phenols is 4. The van der Waals surface area contributed by atoms with Gasteiger partial charge in [0.25, 0.3) is 0 Å². The Kier molecular flexibility index (Phi) is 26.1. The predicted molar refractivity (Wildman–Crippen MR) is 228 cm³/mol. The molecule has 0 aromatic heterocycles. The van der Waals surface area contributed by atoms with Crippen molar-refractivity contribution >= 4 is 0 Å². The van der Waals surface area contributed by atoms with Crippen LogP contribution in [0.5, 0.6) is 23.0 Å². The van der Waals surface area contributed by atoms with Crippen LogP contribution in [-0.2, 0) is 0 Å². The Labute approximate surface area is 321 Å². The van der Waals surface area contributed by atoms with Gasteiger partial charge in [0.2, 0.25) is 0 Å². The zero-order valence-electron chi connectivity index (χ0n) is 33.6. The van der Waals surface area contributed by atoms with Crippen molar-refractivity contribution in [2.75, 3.05) is 0 Å². The summed E-state index contributed by atoms with van der Waals surface area (Å²) in [4.78, 5) is 0. The third kappa shape index (κ3) is 23.6. The molecule has 4 nitrogen and oxygen atoms in total. The lowest BCUT2D eigenvalue weighted by Crippen LogP contribution is -1.83. The van der Waals surface area contributed by atoms with Crippen molar-refractivity contribution in [1.29, 1.82) is 0 Å². The molecule has 0 amide bonds. The fraction of sp³-hybridized carbons (Fsp3) is 0.265. The third-order valence-electron chi connectivity index (χ3n) is 7.42. The first-order valence-corrected chi connectivity index (χ1v) is 18.4. The molecule has 53 heavy (non-hydrogen) atoms. The van der Waals surface area contributed by atoms with Crippen LogP contribution in [-0.4, -0.2) is 20.4 Å². The van der Waals surface area contributed by atoms with E-state index in [1.807, 2.05) is 70.2 Å². The van der Waals surface area contributed by atoms with E-state index in [2.05, 4.69) is 114 Å². The molecule has 0 radical (unpaired) electrons. The molecule has 0 aliphatic rings. The van der Waals surface area contributed by atoms with E-state index in [0.717, 1.165) is 11.1 Å². The summed E-state index contributed by atoms with van der Waals surface area (Å²) in [5.41, 5.74) is 6.12. The highest BCUT2D eigenvalue weighted by Gasteiger charge is 1.96. The van der Waals surface area contributed by atoms with E-state index in [1.165, 1.54) is 34.9 Å². The van der Waals surface area contributed by atoms with Gasteiger partial charge in [-0.2, -0.15) is 0 Å². The molecule has 6 aromatic rings. The second-order valence-electron chi connectivity index (χ2n) is 12.8. The zero-order chi connectivity index (χ0) is 40.0. The largest absolute Gasteiger partial charge is 0.508 e. The van der Waals surface area contributed by atoms with Gasteiger partial charge in [-0.1, -0.05) is 189 Å². The quantitative estimate of drug-likeness (QED) is 0.147. The van der Waals surface area contributed by atoms with Crippen molar-refractivity contribution in [3.63, 3.8) is 0 Å². The molecule has 0 atom stereocenters. The fourth-order valence-electron chi connectivity index (χ4n) is 4.24. The first kappa shape index (κ1) is 47.5. The summed E-state index contributed by atoms with van der Waals surface area (Å²) in [7, 11) is 0. The van der Waals surface area contributed by atoms with Gasteiger partial charge >= 0.3 is 0 Å². The minimum atomic E-state index is 0.0880. The smallest absolute Gasteiger partial charge is 0.121 e. The monoisotopic (exact) mass is 716 g/mol. The van der Waals surface area contributed by atoms with Crippen LogP contribution in [0.3, 0.4) is 0 Å². The second-order valence-corrected chi connectivity index (χ2v) is 12.8. The van der Waals surface area contributed by atoms with Crippen molar-refractivity contribution in [2.45, 2.75) is 87.0 Å². The highest BCUT2D eigenvalue weighted by molar-refractivity contribution is 5.38. The molecular weight excluding hydrogens is 653 g/mol. The minimum Gasteiger partial charge on any atom is -0.508 e. The van der Waals surface area contributed by atoms with Crippen LogP contribution in [0.1, 0.15) is 101 Å². The number of aryl methyl sites for hydroxylation is 2. The van der Waals surface area contributed by atoms with Gasteiger partial charge in [0.15, 0.2) is 0 Å². The molecule has 0 unspecified atom stereocenters. The van der Waals surface area contributed by atoms with Gasteiger partial charge < -0.3 is 20.4 Å². The highest BCUT2D eigenvalue weighted by atomic mass is 16.3. The average Bonchev–Trinajstić information content (AvgIpc) is 3.17. The molecule has 0 heterocycles. The van der Waals surface area contributed by atoms with Gasteiger partial charge in [-0.15, -0.1) is 0 Å². The van der Waals surface area contributed by atoms with Crippen LogP contribution >= 0.6 is 0 Å². The molecule has 6 aromatic carbocycles. The standard InChI is InChI=1S/3C9H12.C8H10O.C6H6O2.C6H6O.C2H6/c3*1-8(2)9-6-4-3-5-7-9;1-6-4-3-5-7(2)8(6)9;7-5-2-1-3-6(8)4-5;7-6-4-2-1-3-5-6;1-2/h3*3-8H,1-2H3;3-5,9H,1-2H3;1-4,7-8H;1-5,7H;1-2H3. The van der Waals surface area contributed by atoms with Crippen molar-refractivity contribution in [2.24, 2.45) is 0 Å². The molecule has 0 saturated heterocycles. The number of benzene rings is 6. The molecule has 0 bridgehead atoms. The van der Waals surface area contributed by atoms with Crippen molar-refractivity contribution < 1.29 is 20.4 Å². The molecule has 0 aliphatic carbocycles. The maximum absolute atomic E-state index is 9.21. The van der Waals surface area contributed by atoms with Gasteiger partial charge in [0, 0.05) is 6.07 Å². The molecule has 0 aliphatic heterocycles. The normalized spacial score (nSPS) is 9.38. The molecule has 4 heteroatoms. The number of hydrogen-bond acceptors (Lipinski definition) is 4. The highest BCUT2D eigenvalue weighted by Crippen LogP contribution is 2.19. The summed E-state index contributed by atoms with van der Waals surface area (Å²) in [5, 5.41) is 35.1. The van der Waals surface area contributed by atoms with Crippen LogP contribution in [0.15, 0.2) is 164 Å². The van der Waals surface area contributed by atoms with Crippen LogP contribution < -0.4 is 0 Å². The topological polar surface area (TPSA) is 80.9 Å². The molecule has 0 fully saturated rings. The number of para-hydroxylation sites is 2. The summed E-state index contributed by atoms with van der Waals surface area (Å²) < 4.78 is 0. The Hall–Kier alpha value is -5.48. The number of rotatable bonds is 3. The SMILES string of the molecule is CC.CC(C)c1ccccc1.CC(C)c1ccccc1.CC(C)c1ccccc1.Cc1cccc(C)c1O.Oc1cccc(O)c1.Oc1ccccc1. The number of phenolic OH excluding ortho intramolecular Hbond substituents is 4. The van der Waals surface area contributed by atoms with Crippen molar-refractivity contribution in [1.82, 2.24) is 0 Å². The number of aromatic hydroxyl groups is 4. The maximum atomic E-state index is 9.21. The van der Waals surface area contributed by atoms with E-state index in [0.29, 0.717) is 29.3 Å². The Morgan fingerprint density at radius 1 is 0.321 bits per heavy atom. The lowest BCUT2D eigenvalue weighted by atomic mass is 10.0. The Balaban J connectivity index is 0.000000607. The van der Waals surface area contributed by atoms with Crippen molar-refractivity contribution in [3.05, 3.63) is 192 Å². The van der Waals surface area contributed by atoms with E-state index in [9.17, 15) is 5.11 Å². The van der Waals surface area contributed by atoms with E-state index in [4.69, 9.17) is 15.3 Å². The number of hydrogen-bond donors (Lipinski definition) is 4. The lowest BCUT2D eigenvalue weighted by Gasteiger charge is -2.01. The summed E-state index contributed by atoms with van der Waals surface area (Å²) in [6.45, 7) is 21.0. The first-order chi connectivity index (χ1) is 25.3. The van der Waals surface area contributed by atoms with E-state index in [1.54, 1.807) is 30.3 Å². The van der Waals surface area contributed by atoms with Crippen LogP contribution in [0, 0.1) is 13.8 Å². The third-order valence-corrected chi connectivity index (χ3v) is 7.42. The first-order valence-electron chi connectivity index (χ1n) is 18.4. The molecule has 0 saturated carbocycles. The fourth-order valence-corrected chi connectivity index (χ4v) is 4.24. The molecule has 6 rings (SSSR count). The van der Waals surface area contributed by atoms with Gasteiger partial charge in [-0.3, -0.25) is 0 Å². The Morgan fingerprint density at radius 3 is 0.736 bits per heavy atom. The summed E-state index contributed by atoms with van der Waals surface area (Å²) in [5.74, 6) is 2.89. The van der Waals surface area contributed by atoms with Crippen molar-refractivity contribution in [3.8, 4) is 23.0 Å². The summed E-state index contributed by atoms with van der Waals surface area (Å²) in [6.07, 6.45) is 0. The van der Waals surface area contributed by atoms with Gasteiger partial charge in [-0.05, 0) is 83.7 Å². The second kappa shape index (κ2) is 29.1. The zero-order valence-corrected chi connectivity index (χ0v) is 33.6. The molecule has 4 N–H and O–H groups in total. The van der Waals surface area contributed by atoms with Crippen LogP contribution in [0.25, 0.3) is 0 Å². The molecule has 0 spiro atoms. The summed E-state index contributed by atoms with van der Waals surface area (Å²) in [6, 6.07) is 51.8. The van der Waals surface area contributed by atoms with E-state index < -0.39 is 0 Å². The van der Waals surface area contributed by atoms with Crippen LogP contribution in [0.4, 0.5) is 0 Å². The molecular formula is C49H64O4. The average molecular weight is 717 g/mol. The minimum absolute atomic E-state index is 0.0880. The lowest BCUT2D eigenvalue weighted by molar-refractivity contribution is 0.450. The van der Waals surface area contributed by atoms with Gasteiger partial charge in [0.1, 0.15) is 23.0 Å². The predicted octanol–water partition coefficient (Wildman–Crippen LogP) is 14.0. The van der Waals surface area contributed by atoms with Gasteiger partial charge in [0.05, 0.1) is 0 Å². The van der Waals surface area contributed by atoms with E-state index >= 15 is 0 Å². The van der Waals surface area contributed by atoms with Crippen LogP contribution in [0.2, 0.25) is 0 Å². The van der Waals surface area contributed by atoms with Gasteiger partial charge in [-0.25, -0.2) is 0 Å². The summed E-state index contributed by atoms with van der Waals surface area (Å²) >= 11 is 0. The Morgan fingerprint density at radius 2 is 0.566 bits per heavy atom.